The topological polar surface area (TPSA) is 87.5 Å². The van der Waals surface area contributed by atoms with Crippen LogP contribution in [0.15, 0.2) is 28.6 Å². The van der Waals surface area contributed by atoms with Gasteiger partial charge in [0.2, 0.25) is 0 Å². The van der Waals surface area contributed by atoms with Crippen LogP contribution in [0, 0.1) is 5.92 Å². The Kier molecular flexibility index (Phi) is 6.84. The quantitative estimate of drug-likeness (QED) is 0.569. The Bertz CT molecular complexity index is 713. The molecule has 0 radical (unpaired) electrons. The van der Waals surface area contributed by atoms with Crippen molar-refractivity contribution in [2.75, 3.05) is 0 Å². The smallest absolute Gasteiger partial charge is 0.320 e. The van der Waals surface area contributed by atoms with E-state index in [0.717, 1.165) is 14.6 Å². The number of hydrogen-bond acceptors (Lipinski definition) is 5. The first-order valence-electron chi connectivity index (χ1n) is 8.42. The number of para-hydroxylation sites is 1. The Hall–Kier alpha value is -1.60. The van der Waals surface area contributed by atoms with Gasteiger partial charge in [-0.25, -0.2) is 4.98 Å². The number of carboxylic acid groups (broad SMARTS) is 2. The van der Waals surface area contributed by atoms with Crippen LogP contribution in [-0.4, -0.2) is 31.9 Å². The fraction of sp³-hybridized carbons (Fsp3) is 0.500. The molecule has 2 rings (SSSR count). The van der Waals surface area contributed by atoms with Gasteiger partial charge in [-0.1, -0.05) is 44.2 Å². The number of aromatic nitrogens is 1. The zero-order valence-electron chi connectivity index (χ0n) is 14.4. The molecule has 7 heteroatoms. The number of benzene rings is 1. The summed E-state index contributed by atoms with van der Waals surface area (Å²) in [6.07, 6.45) is 2.30. The minimum Gasteiger partial charge on any atom is -0.481 e. The third kappa shape index (κ3) is 4.52. The highest BCUT2D eigenvalue weighted by Crippen LogP contribution is 2.47. The number of rotatable bonds is 10. The van der Waals surface area contributed by atoms with Gasteiger partial charge in [-0.2, -0.15) is 0 Å². The molecule has 0 bridgehead atoms. The van der Waals surface area contributed by atoms with Gasteiger partial charge >= 0.3 is 11.9 Å². The molecule has 2 atom stereocenters. The highest BCUT2D eigenvalue weighted by atomic mass is 32.2. The largest absolute Gasteiger partial charge is 0.481 e. The van der Waals surface area contributed by atoms with E-state index in [0.29, 0.717) is 25.7 Å². The lowest BCUT2D eigenvalue weighted by molar-refractivity contribution is -0.141. The number of carboxylic acids is 2. The van der Waals surface area contributed by atoms with Gasteiger partial charge in [0, 0.05) is 6.42 Å². The molecule has 0 aliphatic rings. The van der Waals surface area contributed by atoms with Gasteiger partial charge < -0.3 is 10.2 Å². The maximum absolute atomic E-state index is 12.2. The molecule has 2 unspecified atom stereocenters. The molecule has 1 aromatic carbocycles. The third-order valence-corrected chi connectivity index (χ3v) is 7.28. The van der Waals surface area contributed by atoms with E-state index in [2.05, 4.69) is 4.98 Å². The van der Waals surface area contributed by atoms with E-state index < -0.39 is 16.7 Å². The van der Waals surface area contributed by atoms with Crippen LogP contribution in [0.5, 0.6) is 0 Å². The van der Waals surface area contributed by atoms with Crippen LogP contribution in [0.2, 0.25) is 0 Å². The minimum absolute atomic E-state index is 0.0711. The molecule has 0 spiro atoms. The summed E-state index contributed by atoms with van der Waals surface area (Å²) in [7, 11) is 0. The van der Waals surface area contributed by atoms with Crippen molar-refractivity contribution in [1.82, 2.24) is 4.98 Å². The van der Waals surface area contributed by atoms with Crippen molar-refractivity contribution in [1.29, 1.82) is 0 Å². The second-order valence-corrected chi connectivity index (χ2v) is 8.60. The lowest BCUT2D eigenvalue weighted by Crippen LogP contribution is -2.42. The van der Waals surface area contributed by atoms with Crippen LogP contribution in [0.1, 0.15) is 46.0 Å². The Morgan fingerprint density at radius 2 is 2.00 bits per heavy atom. The summed E-state index contributed by atoms with van der Waals surface area (Å²) in [6, 6.07) is 7.77. The zero-order chi connectivity index (χ0) is 18.4. The lowest BCUT2D eigenvalue weighted by Gasteiger charge is -2.34. The highest BCUT2D eigenvalue weighted by Gasteiger charge is 2.45. The normalized spacial score (nSPS) is 15.0. The monoisotopic (exact) mass is 381 g/mol. The average molecular weight is 382 g/mol. The van der Waals surface area contributed by atoms with Gasteiger partial charge in [0.15, 0.2) is 4.34 Å². The lowest BCUT2D eigenvalue weighted by atomic mass is 9.83. The summed E-state index contributed by atoms with van der Waals surface area (Å²) in [5.74, 6) is -1.79. The van der Waals surface area contributed by atoms with Gasteiger partial charge in [-0.3, -0.25) is 9.59 Å². The molecule has 2 aromatic rings. The highest BCUT2D eigenvalue weighted by molar-refractivity contribution is 8.03. The molecule has 0 aliphatic carbocycles. The molecule has 1 heterocycles. The Morgan fingerprint density at radius 1 is 1.28 bits per heavy atom. The molecule has 25 heavy (non-hydrogen) atoms. The maximum atomic E-state index is 12.2. The van der Waals surface area contributed by atoms with E-state index in [1.54, 1.807) is 0 Å². The second-order valence-electron chi connectivity index (χ2n) is 5.99. The van der Waals surface area contributed by atoms with Crippen molar-refractivity contribution in [3.05, 3.63) is 24.3 Å². The molecule has 2 N–H and O–H groups in total. The SMILES string of the molecule is CCC(CCCC(=O)O)C(CC)(Sc1nc2ccccc2s1)C(=O)O. The molecule has 0 aliphatic heterocycles. The number of aliphatic carboxylic acids is 2. The van der Waals surface area contributed by atoms with Gasteiger partial charge in [-0.05, 0) is 37.3 Å². The molecule has 1 aromatic heterocycles. The summed E-state index contributed by atoms with van der Waals surface area (Å²) in [5.41, 5.74) is 0.879. The molecule has 0 saturated heterocycles. The number of carbonyl (C=O) groups is 2. The Balaban J connectivity index is 2.28. The summed E-state index contributed by atoms with van der Waals surface area (Å²) >= 11 is 2.83. The first-order valence-corrected chi connectivity index (χ1v) is 10.1. The first-order chi connectivity index (χ1) is 11.9. The van der Waals surface area contributed by atoms with E-state index in [1.165, 1.54) is 23.1 Å². The fourth-order valence-electron chi connectivity index (χ4n) is 3.13. The van der Waals surface area contributed by atoms with E-state index in [-0.39, 0.29) is 12.3 Å². The molecule has 5 nitrogen and oxygen atoms in total. The molecule has 0 saturated carbocycles. The summed E-state index contributed by atoms with van der Waals surface area (Å²) in [4.78, 5) is 27.6. The molecular formula is C18H23NO4S2. The Morgan fingerprint density at radius 3 is 2.56 bits per heavy atom. The standard InChI is InChI=1S/C18H23NO4S2/c1-3-12(8-7-11-15(20)21)18(4-2,16(22)23)25-17-19-13-9-5-6-10-14(13)24-17/h5-6,9-10,12H,3-4,7-8,11H2,1-2H3,(H,20,21)(H,22,23). The van der Waals surface area contributed by atoms with Crippen molar-refractivity contribution >= 4 is 45.3 Å². The van der Waals surface area contributed by atoms with E-state index in [1.807, 2.05) is 38.1 Å². The van der Waals surface area contributed by atoms with E-state index >= 15 is 0 Å². The predicted molar refractivity (Wildman–Crippen MR) is 101 cm³/mol. The minimum atomic E-state index is -0.985. The summed E-state index contributed by atoms with van der Waals surface area (Å²) in [6.45, 7) is 3.85. The van der Waals surface area contributed by atoms with Crippen LogP contribution < -0.4 is 0 Å². The Labute approximate surface area is 155 Å². The number of hydrogen-bond donors (Lipinski definition) is 2. The van der Waals surface area contributed by atoms with Crippen LogP contribution in [-0.2, 0) is 9.59 Å². The molecular weight excluding hydrogens is 358 g/mol. The average Bonchev–Trinajstić information content (AvgIpc) is 2.98. The second kappa shape index (κ2) is 8.67. The van der Waals surface area contributed by atoms with Crippen molar-refractivity contribution < 1.29 is 19.8 Å². The number of thioether (sulfide) groups is 1. The summed E-state index contributed by atoms with van der Waals surface area (Å²) < 4.78 is 0.808. The van der Waals surface area contributed by atoms with Gasteiger partial charge in [0.25, 0.3) is 0 Å². The zero-order valence-corrected chi connectivity index (χ0v) is 16.0. The van der Waals surface area contributed by atoms with Gasteiger partial charge in [-0.15, -0.1) is 11.3 Å². The van der Waals surface area contributed by atoms with Crippen LogP contribution >= 0.6 is 23.1 Å². The maximum Gasteiger partial charge on any atom is 0.320 e. The van der Waals surface area contributed by atoms with Crippen molar-refractivity contribution in [2.24, 2.45) is 5.92 Å². The molecule has 136 valence electrons. The fourth-order valence-corrected chi connectivity index (χ4v) is 5.85. The van der Waals surface area contributed by atoms with Crippen molar-refractivity contribution in [3.63, 3.8) is 0 Å². The van der Waals surface area contributed by atoms with E-state index in [9.17, 15) is 14.7 Å². The van der Waals surface area contributed by atoms with Crippen molar-refractivity contribution in [2.45, 2.75) is 55.0 Å². The number of thiazole rings is 1. The summed E-state index contributed by atoms with van der Waals surface area (Å²) in [5, 5.41) is 18.9. The van der Waals surface area contributed by atoms with Crippen LogP contribution in [0.3, 0.4) is 0 Å². The van der Waals surface area contributed by atoms with Gasteiger partial charge in [0.1, 0.15) is 4.75 Å². The number of nitrogens with zero attached hydrogens (tertiary/aromatic N) is 1. The molecule has 0 fully saturated rings. The van der Waals surface area contributed by atoms with Crippen LogP contribution in [0.4, 0.5) is 0 Å². The van der Waals surface area contributed by atoms with Crippen molar-refractivity contribution in [3.8, 4) is 0 Å². The van der Waals surface area contributed by atoms with Crippen LogP contribution in [0.25, 0.3) is 10.2 Å². The van der Waals surface area contributed by atoms with Gasteiger partial charge in [0.05, 0.1) is 10.2 Å². The molecule has 0 amide bonds. The van der Waals surface area contributed by atoms with E-state index in [4.69, 9.17) is 5.11 Å². The number of fused-ring (bicyclic) bond motifs is 1. The predicted octanol–water partition coefficient (Wildman–Crippen LogP) is 4.90. The third-order valence-electron chi connectivity index (χ3n) is 4.53. The first kappa shape index (κ1) is 19.7.